The van der Waals surface area contributed by atoms with Gasteiger partial charge in [-0.25, -0.2) is 0 Å². The molecule has 0 atom stereocenters. The first-order valence-corrected chi connectivity index (χ1v) is 8.31. The number of esters is 1. The summed E-state index contributed by atoms with van der Waals surface area (Å²) in [4.78, 5) is 11.4. The quantitative estimate of drug-likeness (QED) is 0.231. The number of hydrogen-bond acceptors (Lipinski definition) is 2. The summed E-state index contributed by atoms with van der Waals surface area (Å²) in [5, 5.41) is 0. The molecule has 0 aliphatic carbocycles. The number of ether oxygens (including phenoxy) is 1. The van der Waals surface area contributed by atoms with Crippen LogP contribution in [0.4, 0.5) is 22.0 Å². The molecule has 0 aromatic carbocycles. The molecule has 138 valence electrons. The van der Waals surface area contributed by atoms with E-state index in [1.165, 1.54) is 0 Å². The fraction of sp³-hybridized carbons (Fsp3) is 0.938. The van der Waals surface area contributed by atoms with E-state index in [0.717, 1.165) is 32.1 Å². The van der Waals surface area contributed by atoms with Crippen LogP contribution in [0.15, 0.2) is 0 Å². The Morgan fingerprint density at radius 3 is 2.00 bits per heavy atom. The number of carbonyl (C=O) groups is 1. The van der Waals surface area contributed by atoms with Gasteiger partial charge >= 0.3 is 18.1 Å². The third kappa shape index (κ3) is 11.3. The van der Waals surface area contributed by atoms with Gasteiger partial charge in [-0.2, -0.15) is 22.0 Å². The molecule has 0 amide bonds. The minimum Gasteiger partial charge on any atom is -0.466 e. The van der Waals surface area contributed by atoms with Crippen molar-refractivity contribution in [2.45, 2.75) is 89.7 Å². The summed E-state index contributed by atoms with van der Waals surface area (Å²) in [5.41, 5.74) is 0. The fourth-order valence-corrected chi connectivity index (χ4v) is 2.08. The molecule has 0 aliphatic heterocycles. The molecule has 0 rings (SSSR count). The number of rotatable bonds is 13. The van der Waals surface area contributed by atoms with E-state index in [2.05, 4.69) is 6.92 Å². The molecule has 0 bridgehead atoms. The highest BCUT2D eigenvalue weighted by atomic mass is 19.4. The zero-order valence-corrected chi connectivity index (χ0v) is 13.7. The number of carbonyl (C=O) groups excluding carboxylic acids is 1. The minimum absolute atomic E-state index is 0.197. The average Bonchev–Trinajstić information content (AvgIpc) is 2.44. The van der Waals surface area contributed by atoms with E-state index in [9.17, 15) is 26.7 Å². The summed E-state index contributed by atoms with van der Waals surface area (Å²) < 4.78 is 66.0. The van der Waals surface area contributed by atoms with Crippen LogP contribution in [0.1, 0.15) is 77.6 Å². The van der Waals surface area contributed by atoms with Crippen molar-refractivity contribution in [3.63, 3.8) is 0 Å². The van der Waals surface area contributed by atoms with Gasteiger partial charge in [-0.3, -0.25) is 4.79 Å². The van der Waals surface area contributed by atoms with Crippen molar-refractivity contribution in [2.24, 2.45) is 0 Å². The first-order valence-electron chi connectivity index (χ1n) is 8.31. The summed E-state index contributed by atoms with van der Waals surface area (Å²) in [7, 11) is 0. The molecule has 0 saturated carbocycles. The number of halogens is 5. The van der Waals surface area contributed by atoms with Crippen LogP contribution < -0.4 is 0 Å². The molecule has 0 heterocycles. The van der Waals surface area contributed by atoms with E-state index in [1.54, 1.807) is 0 Å². The summed E-state index contributed by atoms with van der Waals surface area (Å²) in [6.45, 7) is 2.31. The molecule has 0 N–H and O–H groups in total. The van der Waals surface area contributed by atoms with Crippen LogP contribution in [-0.2, 0) is 9.53 Å². The van der Waals surface area contributed by atoms with Gasteiger partial charge in [0.1, 0.15) is 0 Å². The van der Waals surface area contributed by atoms with Crippen molar-refractivity contribution in [1.29, 1.82) is 0 Å². The number of alkyl halides is 5. The van der Waals surface area contributed by atoms with Gasteiger partial charge in [0, 0.05) is 12.8 Å². The Kier molecular flexibility index (Phi) is 11.2. The molecule has 7 heteroatoms. The van der Waals surface area contributed by atoms with Gasteiger partial charge in [0.2, 0.25) is 0 Å². The average molecular weight is 346 g/mol. The Morgan fingerprint density at radius 1 is 0.826 bits per heavy atom. The zero-order chi connectivity index (χ0) is 17.8. The smallest absolute Gasteiger partial charge is 0.453 e. The highest BCUT2D eigenvalue weighted by Crippen LogP contribution is 2.39. The van der Waals surface area contributed by atoms with E-state index >= 15 is 0 Å². The zero-order valence-electron chi connectivity index (χ0n) is 13.7. The maximum Gasteiger partial charge on any atom is 0.453 e. The molecule has 0 aromatic rings. The SMILES string of the molecule is CCCCCCCC(=O)OCCCCCCC(F)(F)C(F)(F)F. The molecule has 0 aliphatic rings. The summed E-state index contributed by atoms with van der Waals surface area (Å²) in [6, 6.07) is 0. The second-order valence-corrected chi connectivity index (χ2v) is 5.75. The molecular formula is C16H27F5O2. The van der Waals surface area contributed by atoms with Gasteiger partial charge in [0.05, 0.1) is 6.61 Å². The lowest BCUT2D eigenvalue weighted by Gasteiger charge is -2.19. The van der Waals surface area contributed by atoms with Gasteiger partial charge in [0.15, 0.2) is 0 Å². The molecule has 0 radical (unpaired) electrons. The largest absolute Gasteiger partial charge is 0.466 e. The third-order valence-corrected chi connectivity index (χ3v) is 3.55. The molecule has 0 spiro atoms. The minimum atomic E-state index is -5.47. The Labute approximate surface area is 134 Å². The van der Waals surface area contributed by atoms with Crippen LogP contribution in [0.25, 0.3) is 0 Å². The predicted octanol–water partition coefficient (Wildman–Crippen LogP) is 6.04. The summed E-state index contributed by atoms with van der Waals surface area (Å²) >= 11 is 0. The molecule has 0 saturated heterocycles. The van der Waals surface area contributed by atoms with E-state index < -0.39 is 18.5 Å². The molecule has 23 heavy (non-hydrogen) atoms. The van der Waals surface area contributed by atoms with Crippen LogP contribution in [0.5, 0.6) is 0 Å². The lowest BCUT2D eigenvalue weighted by atomic mass is 10.1. The Balaban J connectivity index is 3.47. The lowest BCUT2D eigenvalue weighted by molar-refractivity contribution is -0.284. The van der Waals surface area contributed by atoms with Crippen LogP contribution in [0, 0.1) is 0 Å². The van der Waals surface area contributed by atoms with Gasteiger partial charge in [-0.05, 0) is 19.3 Å². The maximum atomic E-state index is 12.6. The van der Waals surface area contributed by atoms with Crippen molar-refractivity contribution >= 4 is 5.97 Å². The van der Waals surface area contributed by atoms with Crippen molar-refractivity contribution in [2.75, 3.05) is 6.61 Å². The van der Waals surface area contributed by atoms with E-state index in [4.69, 9.17) is 4.74 Å². The Morgan fingerprint density at radius 2 is 1.39 bits per heavy atom. The van der Waals surface area contributed by atoms with Gasteiger partial charge in [0.25, 0.3) is 0 Å². The van der Waals surface area contributed by atoms with E-state index in [0.29, 0.717) is 19.3 Å². The van der Waals surface area contributed by atoms with Crippen molar-refractivity contribution in [3.05, 3.63) is 0 Å². The van der Waals surface area contributed by atoms with Crippen LogP contribution >= 0.6 is 0 Å². The standard InChI is InChI=1S/C16H27F5O2/c1-2-3-4-5-8-11-14(22)23-13-10-7-6-9-12-15(17,18)16(19,20)21/h2-13H2,1H3. The van der Waals surface area contributed by atoms with Gasteiger partial charge < -0.3 is 4.74 Å². The summed E-state index contributed by atoms with van der Waals surface area (Å²) in [5.74, 6) is -4.89. The van der Waals surface area contributed by atoms with Crippen molar-refractivity contribution < 1.29 is 31.5 Å². The highest BCUT2D eigenvalue weighted by molar-refractivity contribution is 5.69. The van der Waals surface area contributed by atoms with Crippen LogP contribution in [-0.4, -0.2) is 24.7 Å². The van der Waals surface area contributed by atoms with E-state index in [1.807, 2.05) is 0 Å². The Bertz CT molecular complexity index is 316. The van der Waals surface area contributed by atoms with Crippen LogP contribution in [0.2, 0.25) is 0 Å². The highest BCUT2D eigenvalue weighted by Gasteiger charge is 2.56. The Hall–Kier alpha value is -0.880. The van der Waals surface area contributed by atoms with Gasteiger partial charge in [-0.15, -0.1) is 0 Å². The van der Waals surface area contributed by atoms with E-state index in [-0.39, 0.29) is 25.4 Å². The first kappa shape index (κ1) is 22.1. The second-order valence-electron chi connectivity index (χ2n) is 5.75. The topological polar surface area (TPSA) is 26.3 Å². The fourth-order valence-electron chi connectivity index (χ4n) is 2.08. The normalized spacial score (nSPS) is 12.4. The maximum absolute atomic E-state index is 12.6. The number of hydrogen-bond donors (Lipinski definition) is 0. The monoisotopic (exact) mass is 346 g/mol. The van der Waals surface area contributed by atoms with Crippen LogP contribution in [0.3, 0.4) is 0 Å². The second kappa shape index (κ2) is 11.6. The van der Waals surface area contributed by atoms with Gasteiger partial charge in [-0.1, -0.05) is 45.4 Å². The lowest BCUT2D eigenvalue weighted by Crippen LogP contribution is -2.36. The molecule has 0 unspecified atom stereocenters. The van der Waals surface area contributed by atoms with Crippen molar-refractivity contribution in [1.82, 2.24) is 0 Å². The first-order chi connectivity index (χ1) is 10.7. The molecule has 0 aromatic heterocycles. The summed E-state index contributed by atoms with van der Waals surface area (Å²) in [6.07, 6.45) is -0.0694. The molecule has 2 nitrogen and oxygen atoms in total. The predicted molar refractivity (Wildman–Crippen MR) is 78.4 cm³/mol. The molecular weight excluding hydrogens is 319 g/mol. The third-order valence-electron chi connectivity index (χ3n) is 3.55. The number of unbranched alkanes of at least 4 members (excludes halogenated alkanes) is 7. The van der Waals surface area contributed by atoms with Crippen molar-refractivity contribution in [3.8, 4) is 0 Å². The molecule has 0 fully saturated rings.